The second-order valence-corrected chi connectivity index (χ2v) is 10.3. The third kappa shape index (κ3) is 6.39. The van der Waals surface area contributed by atoms with Gasteiger partial charge in [0, 0.05) is 32.2 Å². The molecule has 1 unspecified atom stereocenters. The fourth-order valence-electron chi connectivity index (χ4n) is 5.67. The fourth-order valence-corrected chi connectivity index (χ4v) is 5.67. The molecule has 2 amide bonds. The molecular weight excluding hydrogens is 464 g/mol. The van der Waals surface area contributed by atoms with E-state index in [9.17, 15) is 9.59 Å². The number of carbonyl (C=O) groups excluding carboxylic acids is 2. The molecule has 0 bridgehead atoms. The topological polar surface area (TPSA) is 76.5 Å². The zero-order valence-corrected chi connectivity index (χ0v) is 21.6. The average molecular weight is 503 g/mol. The molecule has 5 rings (SSSR count). The number of hydrogen-bond donors (Lipinski definition) is 1. The number of imidazole rings is 1. The molecule has 37 heavy (non-hydrogen) atoms. The highest BCUT2D eigenvalue weighted by Crippen LogP contribution is 2.26. The summed E-state index contributed by atoms with van der Waals surface area (Å²) in [5.74, 6) is 1.02. The van der Waals surface area contributed by atoms with Crippen LogP contribution in [0.15, 0.2) is 54.6 Å². The van der Waals surface area contributed by atoms with E-state index in [2.05, 4.69) is 26.9 Å². The van der Waals surface area contributed by atoms with Gasteiger partial charge in [-0.05, 0) is 49.8 Å². The zero-order chi connectivity index (χ0) is 25.5. The van der Waals surface area contributed by atoms with E-state index in [-0.39, 0.29) is 30.5 Å². The van der Waals surface area contributed by atoms with Crippen molar-refractivity contribution in [2.75, 3.05) is 13.2 Å². The van der Waals surface area contributed by atoms with E-state index in [4.69, 9.17) is 9.72 Å². The molecule has 2 aliphatic rings. The van der Waals surface area contributed by atoms with Gasteiger partial charge in [-0.15, -0.1) is 0 Å². The Morgan fingerprint density at radius 3 is 2.54 bits per heavy atom. The van der Waals surface area contributed by atoms with Gasteiger partial charge in [0.05, 0.1) is 11.0 Å². The van der Waals surface area contributed by atoms with Gasteiger partial charge in [0.25, 0.3) is 0 Å². The first-order chi connectivity index (χ1) is 18.2. The lowest BCUT2D eigenvalue weighted by atomic mass is 9.93. The maximum atomic E-state index is 13.9. The molecule has 7 heteroatoms. The molecule has 7 nitrogen and oxygen atoms in total. The monoisotopic (exact) mass is 502 g/mol. The largest absolute Gasteiger partial charge is 0.368 e. The van der Waals surface area contributed by atoms with E-state index in [0.717, 1.165) is 49.0 Å². The van der Waals surface area contributed by atoms with Crippen molar-refractivity contribution >= 4 is 22.8 Å². The molecule has 1 aromatic heterocycles. The molecule has 1 saturated heterocycles. The van der Waals surface area contributed by atoms with Gasteiger partial charge in [-0.25, -0.2) is 4.98 Å². The van der Waals surface area contributed by atoms with Crippen molar-refractivity contribution in [3.05, 3.63) is 66.0 Å². The molecule has 1 aliphatic heterocycles. The summed E-state index contributed by atoms with van der Waals surface area (Å²) in [6.07, 6.45) is 8.63. The number of aryl methyl sites for hydroxylation is 1. The molecule has 1 aliphatic carbocycles. The summed E-state index contributed by atoms with van der Waals surface area (Å²) in [6, 6.07) is 18.6. The molecule has 2 heterocycles. The van der Waals surface area contributed by atoms with Crippen molar-refractivity contribution in [2.45, 2.75) is 83.0 Å². The van der Waals surface area contributed by atoms with Gasteiger partial charge in [-0.2, -0.15) is 0 Å². The number of para-hydroxylation sites is 2. The van der Waals surface area contributed by atoms with Crippen LogP contribution in [0.3, 0.4) is 0 Å². The van der Waals surface area contributed by atoms with Crippen molar-refractivity contribution in [1.82, 2.24) is 19.8 Å². The molecule has 196 valence electrons. The Morgan fingerprint density at radius 2 is 1.76 bits per heavy atom. The van der Waals surface area contributed by atoms with Crippen LogP contribution in [0.1, 0.15) is 62.8 Å². The number of carbonyl (C=O) groups is 2. The Bertz CT molecular complexity index is 1180. The van der Waals surface area contributed by atoms with E-state index in [1.165, 1.54) is 24.8 Å². The maximum Gasteiger partial charge on any atom is 0.249 e. The molecule has 0 radical (unpaired) electrons. The second kappa shape index (κ2) is 12.4. The summed E-state index contributed by atoms with van der Waals surface area (Å²) in [5, 5.41) is 3.00. The molecule has 3 aromatic rings. The minimum atomic E-state index is -0.308. The van der Waals surface area contributed by atoms with Crippen molar-refractivity contribution < 1.29 is 14.3 Å². The highest BCUT2D eigenvalue weighted by Gasteiger charge is 2.27. The Morgan fingerprint density at radius 1 is 0.973 bits per heavy atom. The maximum absolute atomic E-state index is 13.9. The van der Waals surface area contributed by atoms with E-state index in [1.54, 1.807) is 0 Å². The number of nitrogens with one attached hydrogen (secondary N) is 1. The van der Waals surface area contributed by atoms with Crippen LogP contribution >= 0.6 is 0 Å². The number of hydrogen-bond acceptors (Lipinski definition) is 4. The summed E-state index contributed by atoms with van der Waals surface area (Å²) in [4.78, 5) is 33.1. The first-order valence-corrected chi connectivity index (χ1v) is 13.9. The van der Waals surface area contributed by atoms with Gasteiger partial charge < -0.3 is 19.5 Å². The number of fused-ring (bicyclic) bond motifs is 1. The average Bonchev–Trinajstić information content (AvgIpc) is 3.60. The van der Waals surface area contributed by atoms with Gasteiger partial charge in [-0.1, -0.05) is 61.7 Å². The first-order valence-electron chi connectivity index (χ1n) is 13.9. The van der Waals surface area contributed by atoms with Crippen LogP contribution in [-0.4, -0.2) is 51.6 Å². The third-order valence-electron chi connectivity index (χ3n) is 7.66. The van der Waals surface area contributed by atoms with Crippen LogP contribution in [-0.2, 0) is 33.8 Å². The zero-order valence-electron chi connectivity index (χ0n) is 21.6. The van der Waals surface area contributed by atoms with Crippen LogP contribution < -0.4 is 5.32 Å². The molecule has 2 aromatic carbocycles. The van der Waals surface area contributed by atoms with Crippen molar-refractivity contribution in [3.63, 3.8) is 0 Å². The van der Waals surface area contributed by atoms with E-state index in [0.29, 0.717) is 26.1 Å². The minimum Gasteiger partial charge on any atom is -0.368 e. The molecule has 2 fully saturated rings. The molecule has 1 saturated carbocycles. The Labute approximate surface area is 219 Å². The van der Waals surface area contributed by atoms with Gasteiger partial charge >= 0.3 is 0 Å². The summed E-state index contributed by atoms with van der Waals surface area (Å²) >= 11 is 0. The first kappa shape index (κ1) is 25.5. The van der Waals surface area contributed by atoms with E-state index < -0.39 is 0 Å². The number of benzene rings is 2. The van der Waals surface area contributed by atoms with Gasteiger partial charge in [-0.3, -0.25) is 9.59 Å². The third-order valence-corrected chi connectivity index (χ3v) is 7.66. The lowest BCUT2D eigenvalue weighted by Crippen LogP contribution is -2.42. The van der Waals surface area contributed by atoms with Crippen molar-refractivity contribution in [1.29, 1.82) is 0 Å². The number of rotatable bonds is 10. The Kier molecular flexibility index (Phi) is 8.51. The van der Waals surface area contributed by atoms with Crippen molar-refractivity contribution in [2.24, 2.45) is 0 Å². The van der Waals surface area contributed by atoms with Crippen LogP contribution in [0.2, 0.25) is 0 Å². The molecule has 1 atom stereocenters. The van der Waals surface area contributed by atoms with E-state index in [1.807, 2.05) is 42.5 Å². The number of nitrogens with zero attached hydrogens (tertiary/aromatic N) is 3. The van der Waals surface area contributed by atoms with E-state index >= 15 is 0 Å². The Hall–Kier alpha value is -3.19. The fraction of sp³-hybridized carbons (Fsp3) is 0.500. The standard InChI is InChI=1S/C30H38N4O3/c35-29(33(24-13-5-2-6-14-24)21-23-11-3-1-4-12-23)22-34-26-16-8-7-15-25(26)32-28(34)18-9-19-31-30(36)27-17-10-20-37-27/h1,3-4,7-8,11-12,15-16,24,27H,2,5-6,9-10,13-14,17-22H2,(H,31,36). The molecule has 1 N–H and O–H groups in total. The van der Waals surface area contributed by atoms with Gasteiger partial charge in [0.1, 0.15) is 18.5 Å². The predicted octanol–water partition coefficient (Wildman–Crippen LogP) is 4.63. The summed E-state index contributed by atoms with van der Waals surface area (Å²) in [7, 11) is 0. The summed E-state index contributed by atoms with van der Waals surface area (Å²) in [6.45, 7) is 2.15. The van der Waals surface area contributed by atoms with Crippen LogP contribution in [0.25, 0.3) is 11.0 Å². The van der Waals surface area contributed by atoms with Gasteiger partial charge in [0.2, 0.25) is 11.8 Å². The minimum absolute atomic E-state index is 0.0229. The number of aromatic nitrogens is 2. The molecular formula is C30H38N4O3. The van der Waals surface area contributed by atoms with Crippen LogP contribution in [0, 0.1) is 0 Å². The SMILES string of the molecule is O=C(NCCCc1nc2ccccc2n1CC(=O)N(Cc1ccccc1)C1CCCCC1)C1CCCO1. The number of ether oxygens (including phenoxy) is 1. The van der Waals surface area contributed by atoms with Crippen LogP contribution in [0.5, 0.6) is 0 Å². The molecule has 0 spiro atoms. The smallest absolute Gasteiger partial charge is 0.249 e. The normalized spacial score (nSPS) is 18.2. The quantitative estimate of drug-likeness (QED) is 0.410. The predicted molar refractivity (Wildman–Crippen MR) is 144 cm³/mol. The number of amides is 2. The highest BCUT2D eigenvalue weighted by molar-refractivity contribution is 5.82. The Balaban J connectivity index is 1.30. The van der Waals surface area contributed by atoms with Crippen LogP contribution in [0.4, 0.5) is 0 Å². The highest BCUT2D eigenvalue weighted by atomic mass is 16.5. The van der Waals surface area contributed by atoms with Crippen molar-refractivity contribution in [3.8, 4) is 0 Å². The summed E-state index contributed by atoms with van der Waals surface area (Å²) < 4.78 is 7.56. The second-order valence-electron chi connectivity index (χ2n) is 10.3. The summed E-state index contributed by atoms with van der Waals surface area (Å²) in [5.41, 5.74) is 3.05. The lowest BCUT2D eigenvalue weighted by molar-refractivity contribution is -0.135. The lowest BCUT2D eigenvalue weighted by Gasteiger charge is -2.35. The van der Waals surface area contributed by atoms with Gasteiger partial charge in [0.15, 0.2) is 0 Å².